The zero-order valence-electron chi connectivity index (χ0n) is 31.9. The molecule has 8 fully saturated rings. The second-order valence-electron chi connectivity index (χ2n) is 19.8. The molecule has 9 heteroatoms. The fourth-order valence-corrected chi connectivity index (χ4v) is 15.0. The van der Waals surface area contributed by atoms with E-state index in [-0.39, 0.29) is 58.2 Å². The molecule has 3 aliphatic heterocycles. The molecule has 0 bridgehead atoms. The number of carbonyl (C=O) groups is 1. The van der Waals surface area contributed by atoms with Gasteiger partial charge in [-0.25, -0.2) is 0 Å². The topological polar surface area (TPSA) is 101 Å². The molecular weight excluding hydrogens is 620 g/mol. The molecule has 8 rings (SSSR count). The average Bonchev–Trinajstić information content (AvgIpc) is 3.53. The standard InChI is InChI=1S/C40H66N2O7/c1-23-20-25(33(46-9)36(4,5)45)48-31-30(23)37(6)15-16-40-22-39(40)14-12-28(35(2,3)26(39)10-11-27(40)38(37,7)32(31)43)49-29-21-42(18-19-47-29)24-13-17-41(8)34(24)44/h23-33,43,45H,10-22H2,1-9H3. The Bertz CT molecular complexity index is 1320. The van der Waals surface area contributed by atoms with Gasteiger partial charge in [0, 0.05) is 32.7 Å². The van der Waals surface area contributed by atoms with Crippen molar-refractivity contribution in [2.75, 3.05) is 40.4 Å². The van der Waals surface area contributed by atoms with Crippen molar-refractivity contribution in [2.45, 2.75) is 155 Å². The normalized spacial score (nSPS) is 52.9. The zero-order chi connectivity index (χ0) is 35.1. The van der Waals surface area contributed by atoms with E-state index in [1.54, 1.807) is 21.0 Å². The van der Waals surface area contributed by atoms with Gasteiger partial charge in [0.15, 0.2) is 6.29 Å². The Labute approximate surface area is 295 Å². The van der Waals surface area contributed by atoms with E-state index in [0.717, 1.165) is 45.2 Å². The number of fused-ring (bicyclic) bond motifs is 4. The van der Waals surface area contributed by atoms with Crippen LogP contribution < -0.4 is 0 Å². The molecule has 3 saturated heterocycles. The smallest absolute Gasteiger partial charge is 0.239 e. The third kappa shape index (κ3) is 4.64. The Hall–Kier alpha value is -0.810. The summed E-state index contributed by atoms with van der Waals surface area (Å²) in [6.45, 7) is 18.7. The van der Waals surface area contributed by atoms with Crippen molar-refractivity contribution >= 4 is 5.91 Å². The van der Waals surface area contributed by atoms with E-state index in [9.17, 15) is 15.0 Å². The molecule has 15 unspecified atom stereocenters. The number of carbonyl (C=O) groups excluding carboxylic acids is 1. The number of aliphatic hydroxyl groups excluding tert-OH is 1. The van der Waals surface area contributed by atoms with E-state index in [1.165, 1.54) is 25.7 Å². The summed E-state index contributed by atoms with van der Waals surface area (Å²) in [4.78, 5) is 16.9. The van der Waals surface area contributed by atoms with Gasteiger partial charge in [-0.05, 0) is 117 Å². The third-order valence-corrected chi connectivity index (χ3v) is 17.3. The van der Waals surface area contributed by atoms with Crippen LogP contribution in [0.25, 0.3) is 0 Å². The molecule has 15 atom stereocenters. The minimum absolute atomic E-state index is 0.000831. The molecule has 49 heavy (non-hydrogen) atoms. The third-order valence-electron chi connectivity index (χ3n) is 17.3. The van der Waals surface area contributed by atoms with Gasteiger partial charge >= 0.3 is 0 Å². The molecule has 1 amide bonds. The monoisotopic (exact) mass is 686 g/mol. The Morgan fingerprint density at radius 3 is 2.39 bits per heavy atom. The quantitative estimate of drug-likeness (QED) is 0.409. The van der Waals surface area contributed by atoms with Crippen LogP contribution in [0.15, 0.2) is 0 Å². The average molecular weight is 687 g/mol. The van der Waals surface area contributed by atoms with Crippen LogP contribution in [0.2, 0.25) is 0 Å². The fraction of sp³-hybridized carbons (Fsp3) is 0.975. The highest BCUT2D eigenvalue weighted by molar-refractivity contribution is 5.83. The number of aliphatic hydroxyl groups is 2. The molecule has 0 aromatic heterocycles. The first-order chi connectivity index (χ1) is 23.0. The maximum absolute atomic E-state index is 12.8. The Balaban J connectivity index is 1.01. The molecule has 9 nitrogen and oxygen atoms in total. The number of nitrogens with zero attached hydrogens (tertiary/aromatic N) is 2. The van der Waals surface area contributed by atoms with Crippen LogP contribution in [0.5, 0.6) is 0 Å². The largest absolute Gasteiger partial charge is 0.390 e. The molecule has 8 aliphatic rings. The van der Waals surface area contributed by atoms with Gasteiger partial charge in [-0.1, -0.05) is 34.6 Å². The van der Waals surface area contributed by atoms with E-state index in [0.29, 0.717) is 42.2 Å². The number of rotatable bonds is 6. The lowest BCUT2D eigenvalue weighted by molar-refractivity contribution is -0.250. The van der Waals surface area contributed by atoms with Crippen molar-refractivity contribution in [3.63, 3.8) is 0 Å². The van der Waals surface area contributed by atoms with Crippen molar-refractivity contribution < 1.29 is 34.0 Å². The second-order valence-corrected chi connectivity index (χ2v) is 19.8. The van der Waals surface area contributed by atoms with Crippen molar-refractivity contribution in [3.05, 3.63) is 0 Å². The fourth-order valence-electron chi connectivity index (χ4n) is 15.0. The predicted molar refractivity (Wildman–Crippen MR) is 185 cm³/mol. The van der Waals surface area contributed by atoms with Crippen molar-refractivity contribution in [1.82, 2.24) is 9.80 Å². The van der Waals surface area contributed by atoms with Crippen LogP contribution in [-0.4, -0.2) is 115 Å². The van der Waals surface area contributed by atoms with E-state index in [1.807, 2.05) is 11.9 Å². The highest BCUT2D eigenvalue weighted by atomic mass is 16.7. The summed E-state index contributed by atoms with van der Waals surface area (Å²) in [6.07, 6.45) is 8.37. The van der Waals surface area contributed by atoms with E-state index in [4.69, 9.17) is 18.9 Å². The van der Waals surface area contributed by atoms with E-state index >= 15 is 0 Å². The van der Waals surface area contributed by atoms with Crippen LogP contribution in [-0.2, 0) is 23.7 Å². The number of morpholine rings is 1. The summed E-state index contributed by atoms with van der Waals surface area (Å²) in [5, 5.41) is 23.5. The zero-order valence-corrected chi connectivity index (χ0v) is 31.9. The van der Waals surface area contributed by atoms with Gasteiger partial charge in [0.25, 0.3) is 0 Å². The van der Waals surface area contributed by atoms with Gasteiger partial charge < -0.3 is 34.1 Å². The molecule has 2 spiro atoms. The molecular formula is C40H66N2O7. The van der Waals surface area contributed by atoms with Crippen LogP contribution in [0.3, 0.4) is 0 Å². The molecule has 3 heterocycles. The van der Waals surface area contributed by atoms with Crippen molar-refractivity contribution in [3.8, 4) is 0 Å². The summed E-state index contributed by atoms with van der Waals surface area (Å²) in [6, 6.07) is -0.0421. The number of likely N-dealkylation sites (N-methyl/N-ethyl adjacent to an activating group) is 1. The minimum atomic E-state index is -1.02. The Kier molecular flexibility index (Phi) is 8.16. The number of ether oxygens (including phenoxy) is 4. The highest BCUT2D eigenvalue weighted by Gasteiger charge is 2.84. The van der Waals surface area contributed by atoms with Gasteiger partial charge in [-0.2, -0.15) is 0 Å². The Morgan fingerprint density at radius 2 is 1.71 bits per heavy atom. The van der Waals surface area contributed by atoms with Gasteiger partial charge in [0.05, 0.1) is 49.2 Å². The van der Waals surface area contributed by atoms with Crippen LogP contribution in [0, 0.1) is 50.7 Å². The lowest BCUT2D eigenvalue weighted by Gasteiger charge is -2.64. The van der Waals surface area contributed by atoms with Gasteiger partial charge in [-0.15, -0.1) is 0 Å². The number of amides is 1. The molecule has 5 aliphatic carbocycles. The first-order valence-electron chi connectivity index (χ1n) is 19.8. The summed E-state index contributed by atoms with van der Waals surface area (Å²) in [5.41, 5.74) is -0.641. The summed E-state index contributed by atoms with van der Waals surface area (Å²) < 4.78 is 25.9. The molecule has 278 valence electrons. The van der Waals surface area contributed by atoms with Gasteiger partial charge in [0.2, 0.25) is 5.91 Å². The number of hydrogen-bond acceptors (Lipinski definition) is 8. The molecule has 0 aromatic carbocycles. The van der Waals surface area contributed by atoms with E-state index in [2.05, 4.69) is 39.5 Å². The maximum Gasteiger partial charge on any atom is 0.239 e. The van der Waals surface area contributed by atoms with Crippen molar-refractivity contribution in [2.24, 2.45) is 50.7 Å². The van der Waals surface area contributed by atoms with Crippen molar-refractivity contribution in [1.29, 1.82) is 0 Å². The lowest BCUT2D eigenvalue weighted by Crippen LogP contribution is -2.60. The molecule has 5 saturated carbocycles. The summed E-state index contributed by atoms with van der Waals surface area (Å²) >= 11 is 0. The minimum Gasteiger partial charge on any atom is -0.390 e. The van der Waals surface area contributed by atoms with E-state index < -0.39 is 17.8 Å². The predicted octanol–water partition coefficient (Wildman–Crippen LogP) is 4.86. The summed E-state index contributed by atoms with van der Waals surface area (Å²) in [7, 11) is 3.57. The van der Waals surface area contributed by atoms with Crippen LogP contribution in [0.4, 0.5) is 0 Å². The summed E-state index contributed by atoms with van der Waals surface area (Å²) in [5.74, 6) is 1.96. The number of methoxy groups -OCH3 is 1. The second kappa shape index (κ2) is 11.3. The molecule has 0 radical (unpaired) electrons. The first kappa shape index (κ1) is 35.2. The number of hydrogen-bond donors (Lipinski definition) is 2. The van der Waals surface area contributed by atoms with Crippen LogP contribution in [0.1, 0.15) is 106 Å². The van der Waals surface area contributed by atoms with Gasteiger partial charge in [-0.3, -0.25) is 9.69 Å². The maximum atomic E-state index is 12.8. The van der Waals surface area contributed by atoms with Crippen LogP contribution >= 0.6 is 0 Å². The molecule has 0 aromatic rings. The Morgan fingerprint density at radius 1 is 1.00 bits per heavy atom. The SMILES string of the molecule is COC(C1CC(C)C2C(O1)C(O)C1(C)C3CCC4C(C)(C)C(OC5CN(C6CCN(C)C6=O)CCO5)CCC45CC35CCC21C)C(C)(C)O. The first-order valence-corrected chi connectivity index (χ1v) is 19.8. The number of likely N-dealkylation sites (tertiary alicyclic amines) is 1. The highest BCUT2D eigenvalue weighted by Crippen LogP contribution is 2.89. The van der Waals surface area contributed by atoms with Gasteiger partial charge in [0.1, 0.15) is 6.10 Å². The lowest BCUT2D eigenvalue weighted by atomic mass is 9.41. The molecule has 2 N–H and O–H groups in total.